The fraction of sp³-hybridized carbons (Fsp3) is 0.800. The molecule has 1 aromatic heterocycles. The van der Waals surface area contributed by atoms with Crippen LogP contribution in [-0.4, -0.2) is 16.2 Å². The van der Waals surface area contributed by atoms with Gasteiger partial charge in [0.1, 0.15) is 0 Å². The number of rotatable bonds is 4. The Labute approximate surface area is 84.1 Å². The third-order valence-corrected chi connectivity index (χ3v) is 3.00. The van der Waals surface area contributed by atoms with E-state index >= 15 is 0 Å². The molecule has 1 saturated carbocycles. The average Bonchev–Trinajstić information content (AvgIpc) is 2.47. The van der Waals surface area contributed by atoms with E-state index in [1.165, 1.54) is 19.3 Å². The van der Waals surface area contributed by atoms with E-state index in [1.54, 1.807) is 0 Å². The minimum absolute atomic E-state index is 0.503. The molecule has 4 heteroatoms. The first-order valence-electron chi connectivity index (χ1n) is 5.36. The number of nitrogens with zero attached hydrogens (tertiary/aromatic N) is 2. The summed E-state index contributed by atoms with van der Waals surface area (Å²) in [6, 6.07) is 1.07. The van der Waals surface area contributed by atoms with Gasteiger partial charge in [0.2, 0.25) is 0 Å². The lowest BCUT2D eigenvalue weighted by atomic mass is 9.79. The third-order valence-electron chi connectivity index (χ3n) is 3.00. The molecule has 1 fully saturated rings. The van der Waals surface area contributed by atoms with Crippen molar-refractivity contribution in [3.63, 3.8) is 0 Å². The first-order valence-corrected chi connectivity index (χ1v) is 5.36. The van der Waals surface area contributed by atoms with Crippen molar-refractivity contribution in [3.05, 3.63) is 5.82 Å². The minimum atomic E-state index is 0.503. The molecule has 0 aromatic carbocycles. The second kappa shape index (κ2) is 3.98. The maximum atomic E-state index is 5.04. The van der Waals surface area contributed by atoms with Crippen LogP contribution in [0.1, 0.15) is 38.4 Å². The van der Waals surface area contributed by atoms with E-state index in [9.17, 15) is 0 Å². The molecule has 1 aliphatic carbocycles. The van der Waals surface area contributed by atoms with Gasteiger partial charge in [-0.3, -0.25) is 0 Å². The van der Waals surface area contributed by atoms with Gasteiger partial charge in [0, 0.05) is 6.04 Å². The van der Waals surface area contributed by atoms with Gasteiger partial charge in [-0.15, -0.1) is 0 Å². The van der Waals surface area contributed by atoms with Crippen LogP contribution in [0.25, 0.3) is 0 Å². The number of aromatic nitrogens is 2. The lowest BCUT2D eigenvalue weighted by molar-refractivity contribution is 0.265. The van der Waals surface area contributed by atoms with Crippen LogP contribution in [-0.2, 0) is 0 Å². The molecule has 0 spiro atoms. The quantitative estimate of drug-likeness (QED) is 0.801. The second-order valence-corrected chi connectivity index (χ2v) is 4.00. The zero-order chi connectivity index (χ0) is 9.97. The van der Waals surface area contributed by atoms with Gasteiger partial charge >= 0.3 is 6.01 Å². The van der Waals surface area contributed by atoms with E-state index in [0.29, 0.717) is 17.9 Å². The van der Waals surface area contributed by atoms with E-state index in [0.717, 1.165) is 12.3 Å². The summed E-state index contributed by atoms with van der Waals surface area (Å²) >= 11 is 0. The van der Waals surface area contributed by atoms with Gasteiger partial charge < -0.3 is 9.84 Å². The van der Waals surface area contributed by atoms with Crippen molar-refractivity contribution in [1.29, 1.82) is 0 Å². The van der Waals surface area contributed by atoms with Crippen molar-refractivity contribution in [2.75, 3.05) is 5.32 Å². The third kappa shape index (κ3) is 1.89. The van der Waals surface area contributed by atoms with Crippen LogP contribution in [0, 0.1) is 12.8 Å². The zero-order valence-electron chi connectivity index (χ0n) is 8.79. The van der Waals surface area contributed by atoms with E-state index in [4.69, 9.17) is 4.52 Å². The first kappa shape index (κ1) is 9.49. The zero-order valence-corrected chi connectivity index (χ0v) is 8.79. The van der Waals surface area contributed by atoms with Gasteiger partial charge in [-0.2, -0.15) is 4.98 Å². The molecule has 0 radical (unpaired) electrons. The van der Waals surface area contributed by atoms with Gasteiger partial charge in [-0.1, -0.05) is 18.5 Å². The van der Waals surface area contributed by atoms with Crippen molar-refractivity contribution < 1.29 is 4.52 Å². The highest BCUT2D eigenvalue weighted by molar-refractivity contribution is 5.21. The van der Waals surface area contributed by atoms with Crippen LogP contribution < -0.4 is 5.32 Å². The largest absolute Gasteiger partial charge is 0.335 e. The lowest BCUT2D eigenvalue weighted by Gasteiger charge is -2.33. The summed E-state index contributed by atoms with van der Waals surface area (Å²) in [7, 11) is 0. The van der Waals surface area contributed by atoms with E-state index in [2.05, 4.69) is 22.4 Å². The molecule has 0 saturated heterocycles. The van der Waals surface area contributed by atoms with Crippen LogP contribution >= 0.6 is 0 Å². The van der Waals surface area contributed by atoms with Gasteiger partial charge in [0.15, 0.2) is 5.82 Å². The van der Waals surface area contributed by atoms with E-state index in [-0.39, 0.29) is 0 Å². The monoisotopic (exact) mass is 195 g/mol. The molecule has 1 N–H and O–H groups in total. The summed E-state index contributed by atoms with van der Waals surface area (Å²) in [5, 5.41) is 7.07. The van der Waals surface area contributed by atoms with Gasteiger partial charge in [-0.25, -0.2) is 0 Å². The Bertz CT molecular complexity index is 293. The van der Waals surface area contributed by atoms with Crippen LogP contribution in [0.2, 0.25) is 0 Å². The minimum Gasteiger partial charge on any atom is -0.335 e. The Morgan fingerprint density at radius 2 is 2.36 bits per heavy atom. The van der Waals surface area contributed by atoms with Gasteiger partial charge in [0.25, 0.3) is 0 Å². The Hall–Kier alpha value is -1.06. The molecule has 0 bridgehead atoms. The summed E-state index contributed by atoms with van der Waals surface area (Å²) in [6.45, 7) is 4.03. The Balaban J connectivity index is 1.93. The molecule has 2 rings (SSSR count). The number of aryl methyl sites for hydroxylation is 1. The number of nitrogens with one attached hydrogen (secondary N) is 1. The number of anilines is 1. The maximum Gasteiger partial charge on any atom is 0.321 e. The van der Waals surface area contributed by atoms with Crippen molar-refractivity contribution in [1.82, 2.24) is 10.1 Å². The Morgan fingerprint density at radius 3 is 2.79 bits per heavy atom. The predicted molar refractivity (Wildman–Crippen MR) is 54.1 cm³/mol. The summed E-state index contributed by atoms with van der Waals surface area (Å²) in [6.07, 6.45) is 5.15. The molecule has 0 aliphatic heterocycles. The number of hydrogen-bond acceptors (Lipinski definition) is 4. The van der Waals surface area contributed by atoms with Gasteiger partial charge in [-0.05, 0) is 32.1 Å². The normalized spacial score (nSPS) is 19.0. The van der Waals surface area contributed by atoms with Crippen molar-refractivity contribution in [2.45, 2.75) is 45.6 Å². The molecule has 1 unspecified atom stereocenters. The Morgan fingerprint density at radius 1 is 1.57 bits per heavy atom. The molecule has 1 atom stereocenters. The SMILES string of the molecule is CCC(Nc1nc(C)no1)C1CCC1. The molecule has 0 amide bonds. The molecule has 78 valence electrons. The van der Waals surface area contributed by atoms with Gasteiger partial charge in [0.05, 0.1) is 0 Å². The number of hydrogen-bond donors (Lipinski definition) is 1. The second-order valence-electron chi connectivity index (χ2n) is 4.00. The van der Waals surface area contributed by atoms with E-state index in [1.807, 2.05) is 6.92 Å². The van der Waals surface area contributed by atoms with Crippen molar-refractivity contribution in [3.8, 4) is 0 Å². The highest BCUT2D eigenvalue weighted by Gasteiger charge is 2.26. The van der Waals surface area contributed by atoms with Crippen LogP contribution in [0.3, 0.4) is 0 Å². The summed E-state index contributed by atoms with van der Waals surface area (Å²) < 4.78 is 5.04. The van der Waals surface area contributed by atoms with E-state index < -0.39 is 0 Å². The molecule has 14 heavy (non-hydrogen) atoms. The fourth-order valence-electron chi connectivity index (χ4n) is 1.91. The molecule has 4 nitrogen and oxygen atoms in total. The molecular formula is C10H17N3O. The maximum absolute atomic E-state index is 5.04. The fourth-order valence-corrected chi connectivity index (χ4v) is 1.91. The van der Waals surface area contributed by atoms with Crippen LogP contribution in [0.4, 0.5) is 6.01 Å². The Kier molecular flexibility index (Phi) is 2.70. The molecule has 1 heterocycles. The first-order chi connectivity index (χ1) is 6.79. The molecule has 1 aliphatic rings. The standard InChI is InChI=1S/C10H17N3O/c1-3-9(8-5-4-6-8)12-10-11-7(2)13-14-10/h8-9H,3-6H2,1-2H3,(H,11,12,13). The topological polar surface area (TPSA) is 51.0 Å². The summed E-state index contributed by atoms with van der Waals surface area (Å²) in [5.74, 6) is 1.49. The van der Waals surface area contributed by atoms with Crippen molar-refractivity contribution in [2.24, 2.45) is 5.92 Å². The van der Waals surface area contributed by atoms with Crippen LogP contribution in [0.15, 0.2) is 4.52 Å². The van der Waals surface area contributed by atoms with Crippen LogP contribution in [0.5, 0.6) is 0 Å². The summed E-state index contributed by atoms with van der Waals surface area (Å²) in [5.41, 5.74) is 0. The predicted octanol–water partition coefficient (Wildman–Crippen LogP) is 2.37. The molecule has 1 aromatic rings. The average molecular weight is 195 g/mol. The lowest BCUT2D eigenvalue weighted by Crippen LogP contribution is -2.33. The smallest absolute Gasteiger partial charge is 0.321 e. The highest BCUT2D eigenvalue weighted by atomic mass is 16.5. The highest BCUT2D eigenvalue weighted by Crippen LogP contribution is 2.32. The van der Waals surface area contributed by atoms with Crippen molar-refractivity contribution >= 4 is 6.01 Å². The molecular weight excluding hydrogens is 178 g/mol. The summed E-state index contributed by atoms with van der Waals surface area (Å²) in [4.78, 5) is 4.15.